The van der Waals surface area contributed by atoms with Crippen LogP contribution in [0.25, 0.3) is 11.1 Å². The first kappa shape index (κ1) is 47.5. The van der Waals surface area contributed by atoms with Gasteiger partial charge in [0.2, 0.25) is 0 Å². The number of hydrogen-bond acceptors (Lipinski definition) is 0. The predicted molar refractivity (Wildman–Crippen MR) is 190 cm³/mol. The molecule has 4 aromatic rings. The molecule has 0 aliphatic heterocycles. The maximum absolute atomic E-state index is 14.4. The van der Waals surface area contributed by atoms with E-state index in [1.165, 1.54) is 0 Å². The minimum Gasteiger partial charge on any atom is -1.00 e. The molecule has 0 aromatic heterocycles. The summed E-state index contributed by atoms with van der Waals surface area (Å²) in [5, 5.41) is 0. The van der Waals surface area contributed by atoms with Crippen LogP contribution >= 0.6 is 0 Å². The van der Waals surface area contributed by atoms with Crippen LogP contribution in [0.15, 0.2) is 91.0 Å². The number of benzene rings is 4. The van der Waals surface area contributed by atoms with Gasteiger partial charge in [0.15, 0.2) is 0 Å². The van der Waals surface area contributed by atoms with Crippen molar-refractivity contribution in [2.45, 2.75) is 87.1 Å². The van der Waals surface area contributed by atoms with Crippen molar-refractivity contribution in [3.63, 3.8) is 0 Å². The Morgan fingerprint density at radius 2 is 0.879 bits per heavy atom. The van der Waals surface area contributed by atoms with Crippen LogP contribution in [0.1, 0.15) is 97.2 Å². The van der Waals surface area contributed by atoms with E-state index in [2.05, 4.69) is 0 Å². The molecule has 4 aromatic carbocycles. The third-order valence-corrected chi connectivity index (χ3v) is 18.0. The van der Waals surface area contributed by atoms with Gasteiger partial charge < -0.3 is 24.8 Å². The van der Waals surface area contributed by atoms with E-state index in [4.69, 9.17) is 0 Å². The summed E-state index contributed by atoms with van der Waals surface area (Å²) in [6, 6.07) is 11.2. The van der Waals surface area contributed by atoms with Gasteiger partial charge in [-0.1, -0.05) is 0 Å². The summed E-state index contributed by atoms with van der Waals surface area (Å²) in [6.07, 6.45) is -14.5. The Kier molecular flexibility index (Phi) is 13.1. The fourth-order valence-corrected chi connectivity index (χ4v) is 15.4. The first-order chi connectivity index (χ1) is 25.5. The number of allylic oxidation sites excluding steroid dienone is 4. The van der Waals surface area contributed by atoms with Crippen LogP contribution in [0, 0.1) is 0 Å². The molecule has 58 heavy (non-hydrogen) atoms. The summed E-state index contributed by atoms with van der Waals surface area (Å²) in [5.41, 5.74) is -4.33. The molecule has 2 aliphatic carbocycles. The molecule has 0 N–H and O–H groups in total. The van der Waals surface area contributed by atoms with Crippen LogP contribution < -0.4 is 28.1 Å². The van der Waals surface area contributed by atoms with Gasteiger partial charge >= 0.3 is 325 Å². The van der Waals surface area contributed by atoms with E-state index in [1.807, 2.05) is 71.9 Å². The summed E-state index contributed by atoms with van der Waals surface area (Å²) in [6.45, 7) is 11.8. The van der Waals surface area contributed by atoms with Crippen molar-refractivity contribution < 1.29 is 98.8 Å². The summed E-state index contributed by atoms with van der Waals surface area (Å²) in [5.74, 6) is 0. The molecule has 310 valence electrons. The Morgan fingerprint density at radius 3 is 1.26 bits per heavy atom. The molecule has 0 spiro atoms. The maximum atomic E-state index is 14.4. The fourth-order valence-electron chi connectivity index (χ4n) is 7.20. The Balaban J connectivity index is 0.00000372. The average molecular weight is 943 g/mol. The number of alkyl halides is 12. The van der Waals surface area contributed by atoms with Crippen LogP contribution in [0.3, 0.4) is 0 Å². The van der Waals surface area contributed by atoms with E-state index in [9.17, 15) is 52.7 Å². The van der Waals surface area contributed by atoms with E-state index in [1.54, 1.807) is 24.3 Å². The molecular formula is C43H36Cl2F12Zr. The zero-order chi connectivity index (χ0) is 41.6. The number of halogens is 14. The van der Waals surface area contributed by atoms with Crippen molar-refractivity contribution in [3.8, 4) is 11.1 Å². The molecule has 0 radical (unpaired) electrons. The van der Waals surface area contributed by atoms with E-state index in [0.717, 1.165) is 27.8 Å². The molecular weight excluding hydrogens is 907 g/mol. The molecule has 0 bridgehead atoms. The Hall–Kier alpha value is -3.15. The summed E-state index contributed by atoms with van der Waals surface area (Å²) in [4.78, 5) is 0. The fraction of sp³-hybridized carbons (Fsp3) is 0.326. The zero-order valence-corrected chi connectivity index (χ0v) is 35.7. The molecule has 0 saturated heterocycles. The molecule has 0 unspecified atom stereocenters. The van der Waals surface area contributed by atoms with Crippen molar-refractivity contribution in [1.29, 1.82) is 0 Å². The van der Waals surface area contributed by atoms with Gasteiger partial charge in [-0.25, -0.2) is 0 Å². The minimum absolute atomic E-state index is 0. The molecule has 0 amide bonds. The van der Waals surface area contributed by atoms with E-state index in [0.29, 0.717) is 39.5 Å². The minimum atomic E-state index is -5.34. The summed E-state index contributed by atoms with van der Waals surface area (Å²) < 4.78 is 173. The van der Waals surface area contributed by atoms with Gasteiger partial charge in [0.1, 0.15) is 0 Å². The van der Waals surface area contributed by atoms with Gasteiger partial charge in [-0.15, -0.1) is 0 Å². The van der Waals surface area contributed by atoms with Crippen LogP contribution in [-0.2, 0) is 63.2 Å². The van der Waals surface area contributed by atoms with Crippen LogP contribution in [0.2, 0.25) is 3.63 Å². The number of hydrogen-bond donors (Lipinski definition) is 0. The van der Waals surface area contributed by atoms with Crippen LogP contribution in [0.4, 0.5) is 52.7 Å². The van der Waals surface area contributed by atoms with Crippen molar-refractivity contribution in [3.05, 3.63) is 147 Å². The van der Waals surface area contributed by atoms with Gasteiger partial charge in [0.25, 0.3) is 0 Å². The Morgan fingerprint density at radius 1 is 0.483 bits per heavy atom. The van der Waals surface area contributed by atoms with Crippen LogP contribution in [-0.4, -0.2) is 3.21 Å². The second-order valence-corrected chi connectivity index (χ2v) is 22.5. The average Bonchev–Trinajstić information content (AvgIpc) is 3.72. The van der Waals surface area contributed by atoms with Gasteiger partial charge in [0.05, 0.1) is 0 Å². The molecule has 0 nitrogen and oxygen atoms in total. The Bertz CT molecular complexity index is 2160. The molecule has 0 saturated carbocycles. The van der Waals surface area contributed by atoms with Gasteiger partial charge in [0, 0.05) is 0 Å². The van der Waals surface area contributed by atoms with Crippen molar-refractivity contribution >= 4 is 6.48 Å². The van der Waals surface area contributed by atoms with E-state index < -0.39 is 88.4 Å². The molecule has 15 heteroatoms. The standard InChI is InChI=1S/C21H25.C17H6F12.C5H5.2ClH.Zr/c1-20(2,3)16-9-7-14-11-15-8-10-17(21(4,5)6)13-19(15)18(14)12-16;18-14(19,20)10-2-8(3-11(6-10)15(21,22)23)1-9-4-12(16(24,25)26)7-13(5-9)17(27,28)29;1-2-4-5-3-1;;;/h7,9-10,12-13H,11H2,1-6H3;2-7H;1-5H;2*1H;/q;;;;;+2/p-2. The second kappa shape index (κ2) is 16.0. The zero-order valence-electron chi connectivity index (χ0n) is 31.7. The van der Waals surface area contributed by atoms with Gasteiger partial charge in [-0.05, 0) is 0 Å². The topological polar surface area (TPSA) is 0 Å². The van der Waals surface area contributed by atoms with Crippen molar-refractivity contribution in [2.75, 3.05) is 0 Å². The smallest absolute Gasteiger partial charge is 1.00 e. The molecule has 0 fully saturated rings. The third-order valence-electron chi connectivity index (χ3n) is 10.1. The summed E-state index contributed by atoms with van der Waals surface area (Å²) >= 11 is -4.47. The largest absolute Gasteiger partial charge is 1.00 e. The molecule has 0 atom stereocenters. The number of rotatable bonds is 4. The third kappa shape index (κ3) is 9.73. The normalized spacial score (nSPS) is 14.4. The number of fused-ring (bicyclic) bond motifs is 3. The van der Waals surface area contributed by atoms with E-state index >= 15 is 0 Å². The summed E-state index contributed by atoms with van der Waals surface area (Å²) in [7, 11) is 0. The van der Waals surface area contributed by atoms with Gasteiger partial charge in [-0.2, -0.15) is 0 Å². The van der Waals surface area contributed by atoms with Crippen LogP contribution in [0.5, 0.6) is 0 Å². The maximum Gasteiger partial charge on any atom is -1.00 e. The quantitative estimate of drug-likeness (QED) is 0.166. The van der Waals surface area contributed by atoms with Crippen molar-refractivity contribution in [2.24, 2.45) is 0 Å². The molecule has 6 rings (SSSR count). The monoisotopic (exact) mass is 940 g/mol. The SMILES string of the molecule is CC(C)(C)c1ccc2c(c1)-c1cc(C(C)(C)C)c[c]([Zr+2](=[C](c3cc(C(F)(F)F)cc(C(F)(F)F)c3)c3cc(C(F)(F)F)cc(C(F)(F)F)c3)[CH]3C=CC=C3)c1C2.[Cl-].[Cl-]. The molecule has 0 heterocycles. The second-order valence-electron chi connectivity index (χ2n) is 16.3. The first-order valence-electron chi connectivity index (χ1n) is 17.5. The Labute approximate surface area is 348 Å². The first-order valence-corrected chi connectivity index (χ1v) is 21.4. The van der Waals surface area contributed by atoms with E-state index in [-0.39, 0.29) is 45.6 Å². The predicted octanol–water partition coefficient (Wildman–Crippen LogP) is 7.36. The molecule has 2 aliphatic rings. The van der Waals surface area contributed by atoms with Gasteiger partial charge in [-0.3, -0.25) is 0 Å². The van der Waals surface area contributed by atoms with Crippen molar-refractivity contribution in [1.82, 2.24) is 0 Å².